The van der Waals surface area contributed by atoms with Crippen molar-refractivity contribution in [1.82, 2.24) is 16.1 Å². The van der Waals surface area contributed by atoms with Crippen LogP contribution < -0.4 is 21.8 Å². The number of carbonyl (C=O) groups is 3. The van der Waals surface area contributed by atoms with Gasteiger partial charge in [-0.15, -0.1) is 0 Å². The second-order valence-electron chi connectivity index (χ2n) is 4.81. The van der Waals surface area contributed by atoms with Gasteiger partial charge in [0.25, 0.3) is 0 Å². The predicted molar refractivity (Wildman–Crippen MR) is 72.8 cm³/mol. The first-order valence-corrected chi connectivity index (χ1v) is 7.55. The molecule has 4 amide bonds. The van der Waals surface area contributed by atoms with Crippen molar-refractivity contribution in [2.75, 3.05) is 5.75 Å². The highest BCUT2D eigenvalue weighted by atomic mass is 32.2. The number of fused-ring (bicyclic) bond motifs is 1. The summed E-state index contributed by atoms with van der Waals surface area (Å²) in [4.78, 5) is 37.2. The summed E-state index contributed by atoms with van der Waals surface area (Å²) in [6, 6.07) is -0.569. The fourth-order valence-corrected chi connectivity index (χ4v) is 3.96. The molecule has 2 aliphatic rings. The van der Waals surface area contributed by atoms with Crippen molar-refractivity contribution in [2.24, 2.45) is 5.73 Å². The summed E-state index contributed by atoms with van der Waals surface area (Å²) in [7, 11) is 0. The van der Waals surface area contributed by atoms with Crippen LogP contribution in [-0.4, -0.2) is 41.1 Å². The maximum atomic E-state index is 11.2. The third-order valence-electron chi connectivity index (χ3n) is 3.32. The van der Waals surface area contributed by atoms with Gasteiger partial charge in [-0.1, -0.05) is 6.42 Å². The van der Waals surface area contributed by atoms with Crippen LogP contribution in [0.4, 0.5) is 9.59 Å². The molecule has 2 aliphatic heterocycles. The van der Waals surface area contributed by atoms with Gasteiger partial charge >= 0.3 is 18.0 Å². The van der Waals surface area contributed by atoms with Crippen LogP contribution in [-0.2, 0) is 9.63 Å². The molecule has 0 aromatic carbocycles. The first-order chi connectivity index (χ1) is 9.56. The van der Waals surface area contributed by atoms with Crippen molar-refractivity contribution < 1.29 is 19.2 Å². The van der Waals surface area contributed by atoms with Gasteiger partial charge in [-0.2, -0.15) is 17.2 Å². The van der Waals surface area contributed by atoms with Crippen molar-refractivity contribution in [1.29, 1.82) is 0 Å². The van der Waals surface area contributed by atoms with E-state index in [-0.39, 0.29) is 24.5 Å². The van der Waals surface area contributed by atoms with Crippen molar-refractivity contribution in [3.05, 3.63) is 0 Å². The van der Waals surface area contributed by atoms with Crippen LogP contribution in [0.1, 0.15) is 25.7 Å². The lowest BCUT2D eigenvalue weighted by Gasteiger charge is -2.16. The number of carbonyl (C=O) groups excluding carboxylic acids is 3. The van der Waals surface area contributed by atoms with Gasteiger partial charge in [0.15, 0.2) is 0 Å². The average molecular weight is 302 g/mol. The minimum Gasteiger partial charge on any atom is -0.349 e. The zero-order valence-corrected chi connectivity index (χ0v) is 11.7. The number of hydrogen-bond acceptors (Lipinski definition) is 5. The van der Waals surface area contributed by atoms with E-state index in [4.69, 9.17) is 5.73 Å². The van der Waals surface area contributed by atoms with E-state index in [1.165, 1.54) is 0 Å². The van der Waals surface area contributed by atoms with E-state index >= 15 is 0 Å². The molecular formula is C11H18N4O4S. The summed E-state index contributed by atoms with van der Waals surface area (Å²) in [6.45, 7) is 0. The lowest BCUT2D eigenvalue weighted by molar-refractivity contribution is -0.148. The Morgan fingerprint density at radius 2 is 2.20 bits per heavy atom. The van der Waals surface area contributed by atoms with E-state index in [1.54, 1.807) is 5.48 Å². The summed E-state index contributed by atoms with van der Waals surface area (Å²) >= 11 is 1.84. The fraction of sp³-hybridized carbons (Fsp3) is 0.727. The Bertz CT molecular complexity index is 406. The summed E-state index contributed by atoms with van der Waals surface area (Å²) in [5.41, 5.74) is 6.56. The third-order valence-corrected chi connectivity index (χ3v) is 4.83. The first-order valence-electron chi connectivity index (χ1n) is 6.50. The van der Waals surface area contributed by atoms with E-state index in [9.17, 15) is 14.4 Å². The molecule has 8 nitrogen and oxygen atoms in total. The van der Waals surface area contributed by atoms with Gasteiger partial charge in [0.05, 0.1) is 12.1 Å². The smallest absolute Gasteiger partial charge is 0.345 e. The maximum absolute atomic E-state index is 11.2. The molecule has 20 heavy (non-hydrogen) atoms. The molecule has 2 heterocycles. The van der Waals surface area contributed by atoms with Crippen LogP contribution in [0.15, 0.2) is 0 Å². The second-order valence-corrected chi connectivity index (χ2v) is 6.08. The van der Waals surface area contributed by atoms with E-state index in [1.807, 2.05) is 11.8 Å². The second kappa shape index (κ2) is 6.69. The lowest BCUT2D eigenvalue weighted by Crippen LogP contribution is -2.36. The van der Waals surface area contributed by atoms with Crippen molar-refractivity contribution in [3.8, 4) is 0 Å². The molecule has 0 radical (unpaired) electrons. The standard InChI is InChI=1S/C11H18N4O4S/c12-10(17)15-19-8(16)4-2-1-3-7-9-6(5-20-7)13-11(18)14-9/h6-7,9H,1-5H2,(H3,12,15,17)(H2,13,14,18)/t6-,7-,9-/m0/s1. The highest BCUT2D eigenvalue weighted by Crippen LogP contribution is 2.33. The highest BCUT2D eigenvalue weighted by molar-refractivity contribution is 8.00. The van der Waals surface area contributed by atoms with Gasteiger partial charge in [-0.25, -0.2) is 14.4 Å². The van der Waals surface area contributed by atoms with Gasteiger partial charge in [-0.3, -0.25) is 0 Å². The monoisotopic (exact) mass is 302 g/mol. The summed E-state index contributed by atoms with van der Waals surface area (Å²) in [5.74, 6) is 0.426. The minimum absolute atomic E-state index is 0.0913. The Labute approximate surface area is 120 Å². The Hall–Kier alpha value is -1.64. The molecule has 9 heteroatoms. The van der Waals surface area contributed by atoms with E-state index in [2.05, 4.69) is 15.5 Å². The van der Waals surface area contributed by atoms with Crippen LogP contribution in [0, 0.1) is 0 Å². The van der Waals surface area contributed by atoms with Crippen LogP contribution in [0.2, 0.25) is 0 Å². The van der Waals surface area contributed by atoms with Gasteiger partial charge in [0.1, 0.15) is 0 Å². The Morgan fingerprint density at radius 3 is 2.95 bits per heavy atom. The molecule has 0 bridgehead atoms. The summed E-state index contributed by atoms with van der Waals surface area (Å²) in [5, 5.41) is 6.20. The minimum atomic E-state index is -0.892. The molecule has 0 unspecified atom stereocenters. The van der Waals surface area contributed by atoms with Gasteiger partial charge < -0.3 is 21.2 Å². The number of amides is 4. The van der Waals surface area contributed by atoms with Gasteiger partial charge in [-0.05, 0) is 12.8 Å². The first kappa shape index (κ1) is 14.8. The van der Waals surface area contributed by atoms with Crippen LogP contribution in [0.25, 0.3) is 0 Å². The Kier molecular flexibility index (Phi) is 4.94. The quantitative estimate of drug-likeness (QED) is 0.319. The van der Waals surface area contributed by atoms with Crippen LogP contribution in [0.5, 0.6) is 0 Å². The summed E-state index contributed by atoms with van der Waals surface area (Å²) < 4.78 is 0. The van der Waals surface area contributed by atoms with Crippen molar-refractivity contribution in [3.63, 3.8) is 0 Å². The molecule has 2 fully saturated rings. The molecule has 0 saturated carbocycles. The number of hydroxylamine groups is 1. The summed E-state index contributed by atoms with van der Waals surface area (Å²) in [6.07, 6.45) is 2.71. The molecule has 0 spiro atoms. The average Bonchev–Trinajstić information content (AvgIpc) is 2.92. The molecule has 0 aliphatic carbocycles. The fourth-order valence-electron chi connectivity index (χ4n) is 2.42. The number of rotatable bonds is 5. The molecule has 0 aromatic heterocycles. The number of primary amides is 1. The number of nitrogens with one attached hydrogen (secondary N) is 3. The number of unbranched alkanes of at least 4 members (excludes halogenated alkanes) is 1. The number of urea groups is 2. The topological polar surface area (TPSA) is 123 Å². The number of hydrogen-bond donors (Lipinski definition) is 4. The Balaban J connectivity index is 1.58. The molecular weight excluding hydrogens is 284 g/mol. The zero-order chi connectivity index (χ0) is 14.5. The SMILES string of the molecule is NC(=O)NOC(=O)CCCC[C@@H]1SC[C@@H]2NC(=O)N[C@@H]21. The molecule has 2 rings (SSSR count). The third kappa shape index (κ3) is 3.92. The van der Waals surface area contributed by atoms with Crippen LogP contribution in [0.3, 0.4) is 0 Å². The molecule has 5 N–H and O–H groups in total. The highest BCUT2D eigenvalue weighted by Gasteiger charge is 2.42. The molecule has 112 valence electrons. The van der Waals surface area contributed by atoms with E-state index in [0.717, 1.165) is 18.6 Å². The van der Waals surface area contributed by atoms with Gasteiger partial charge in [0, 0.05) is 17.4 Å². The van der Waals surface area contributed by atoms with Crippen molar-refractivity contribution in [2.45, 2.75) is 43.0 Å². The lowest BCUT2D eigenvalue weighted by atomic mass is 10.0. The Morgan fingerprint density at radius 1 is 1.40 bits per heavy atom. The molecule has 2 saturated heterocycles. The zero-order valence-electron chi connectivity index (χ0n) is 10.9. The van der Waals surface area contributed by atoms with Crippen LogP contribution >= 0.6 is 11.8 Å². The predicted octanol–water partition coefficient (Wildman–Crippen LogP) is -0.161. The number of nitrogens with two attached hydrogens (primary N) is 1. The van der Waals surface area contributed by atoms with E-state index in [0.29, 0.717) is 11.7 Å². The van der Waals surface area contributed by atoms with Gasteiger partial charge in [0.2, 0.25) is 0 Å². The maximum Gasteiger partial charge on any atom is 0.345 e. The number of thioether (sulfide) groups is 1. The molecule has 3 atom stereocenters. The normalized spacial score (nSPS) is 27.4. The largest absolute Gasteiger partial charge is 0.349 e. The van der Waals surface area contributed by atoms with Crippen molar-refractivity contribution >= 4 is 29.8 Å². The molecule has 0 aromatic rings. The van der Waals surface area contributed by atoms with E-state index < -0.39 is 12.0 Å².